The molecule has 2 aromatic carbocycles. The van der Waals surface area contributed by atoms with Crippen molar-refractivity contribution in [3.63, 3.8) is 0 Å². The van der Waals surface area contributed by atoms with Crippen molar-refractivity contribution in [3.05, 3.63) is 53.8 Å². The molecule has 0 spiro atoms. The van der Waals surface area contributed by atoms with Crippen LogP contribution in [0.4, 0.5) is 10.1 Å². The van der Waals surface area contributed by atoms with E-state index in [9.17, 15) is 9.18 Å². The Labute approximate surface area is 183 Å². The normalized spacial score (nSPS) is 21.8. The van der Waals surface area contributed by atoms with Gasteiger partial charge in [-0.1, -0.05) is 19.1 Å². The summed E-state index contributed by atoms with van der Waals surface area (Å²) < 4.78 is 31.9. The van der Waals surface area contributed by atoms with Gasteiger partial charge < -0.3 is 23.9 Å². The van der Waals surface area contributed by atoms with Gasteiger partial charge in [-0.05, 0) is 42.7 Å². The molecular weight excluding hydrogens is 397 g/mol. The SMILES string of the molecule is CC(=O)C[C@@H](C)c1ccc(OC2CCN(c3ccc(OC4CCOC4)cc3F)C2)cc1. The maximum atomic E-state index is 14.7. The number of Topliss-reactive ketones (excluding diaryl/α,β-unsaturated/α-hetero) is 1. The lowest BCUT2D eigenvalue weighted by Gasteiger charge is -2.21. The molecule has 0 aromatic heterocycles. The third-order valence-electron chi connectivity index (χ3n) is 5.94. The molecule has 0 aliphatic carbocycles. The van der Waals surface area contributed by atoms with E-state index in [4.69, 9.17) is 14.2 Å². The number of hydrogen-bond acceptors (Lipinski definition) is 5. The Bertz CT molecular complexity index is 895. The van der Waals surface area contributed by atoms with Crippen LogP contribution in [0, 0.1) is 5.82 Å². The number of carbonyl (C=O) groups is 1. The summed E-state index contributed by atoms with van der Waals surface area (Å²) in [6, 6.07) is 13.0. The van der Waals surface area contributed by atoms with Crippen LogP contribution in [0.25, 0.3) is 0 Å². The Hall–Kier alpha value is -2.60. The molecule has 5 nitrogen and oxygen atoms in total. The molecule has 0 N–H and O–H groups in total. The zero-order valence-electron chi connectivity index (χ0n) is 18.2. The van der Waals surface area contributed by atoms with Gasteiger partial charge in [0.15, 0.2) is 0 Å². The van der Waals surface area contributed by atoms with Crippen LogP contribution in [0.1, 0.15) is 44.6 Å². The van der Waals surface area contributed by atoms with E-state index >= 15 is 0 Å². The van der Waals surface area contributed by atoms with Gasteiger partial charge in [0, 0.05) is 31.9 Å². The van der Waals surface area contributed by atoms with Gasteiger partial charge in [-0.2, -0.15) is 0 Å². The summed E-state index contributed by atoms with van der Waals surface area (Å²) in [5, 5.41) is 0. The fraction of sp³-hybridized carbons (Fsp3) is 0.480. The Morgan fingerprint density at radius 2 is 1.87 bits per heavy atom. The highest BCUT2D eigenvalue weighted by molar-refractivity contribution is 5.76. The Balaban J connectivity index is 1.32. The topological polar surface area (TPSA) is 48.0 Å². The van der Waals surface area contributed by atoms with Gasteiger partial charge in [-0.3, -0.25) is 0 Å². The van der Waals surface area contributed by atoms with E-state index in [-0.39, 0.29) is 29.7 Å². The summed E-state index contributed by atoms with van der Waals surface area (Å²) >= 11 is 0. The van der Waals surface area contributed by atoms with E-state index in [1.165, 1.54) is 6.07 Å². The summed E-state index contributed by atoms with van der Waals surface area (Å²) in [7, 11) is 0. The maximum Gasteiger partial charge on any atom is 0.150 e. The number of rotatable bonds is 8. The number of benzene rings is 2. The zero-order valence-corrected chi connectivity index (χ0v) is 18.2. The van der Waals surface area contributed by atoms with Crippen LogP contribution >= 0.6 is 0 Å². The first-order valence-corrected chi connectivity index (χ1v) is 11.0. The molecule has 2 unspecified atom stereocenters. The molecular formula is C25H30FNO4. The number of ketones is 1. The molecule has 0 amide bonds. The Kier molecular flexibility index (Phi) is 6.76. The van der Waals surface area contributed by atoms with Crippen LogP contribution in [0.2, 0.25) is 0 Å². The smallest absolute Gasteiger partial charge is 0.150 e. The monoisotopic (exact) mass is 427 g/mol. The van der Waals surface area contributed by atoms with Crippen LogP contribution in [0.3, 0.4) is 0 Å². The fourth-order valence-electron chi connectivity index (χ4n) is 4.28. The van der Waals surface area contributed by atoms with Crippen LogP contribution in [-0.2, 0) is 9.53 Å². The number of anilines is 1. The average Bonchev–Trinajstić information content (AvgIpc) is 3.40. The van der Waals surface area contributed by atoms with Gasteiger partial charge in [0.05, 0.1) is 25.4 Å². The summed E-state index contributed by atoms with van der Waals surface area (Å²) in [6.45, 7) is 6.31. The molecule has 0 bridgehead atoms. The van der Waals surface area contributed by atoms with E-state index in [1.54, 1.807) is 13.0 Å². The molecule has 0 saturated carbocycles. The number of hydrogen-bond donors (Lipinski definition) is 0. The van der Waals surface area contributed by atoms with Gasteiger partial charge >= 0.3 is 0 Å². The van der Waals surface area contributed by atoms with Crippen molar-refractivity contribution in [2.24, 2.45) is 0 Å². The molecule has 6 heteroatoms. The van der Waals surface area contributed by atoms with Crippen LogP contribution in [0.5, 0.6) is 11.5 Å². The first kappa shape index (κ1) is 21.6. The van der Waals surface area contributed by atoms with Crippen molar-refractivity contribution in [1.29, 1.82) is 0 Å². The van der Waals surface area contributed by atoms with Crippen molar-refractivity contribution in [3.8, 4) is 11.5 Å². The van der Waals surface area contributed by atoms with Gasteiger partial charge in [-0.25, -0.2) is 4.39 Å². The molecule has 2 aliphatic heterocycles. The van der Waals surface area contributed by atoms with E-state index in [0.29, 0.717) is 37.6 Å². The fourth-order valence-corrected chi connectivity index (χ4v) is 4.28. The molecule has 0 radical (unpaired) electrons. The van der Waals surface area contributed by atoms with Gasteiger partial charge in [0.2, 0.25) is 0 Å². The number of ether oxygens (including phenoxy) is 3. The maximum absolute atomic E-state index is 14.7. The Morgan fingerprint density at radius 1 is 1.13 bits per heavy atom. The van der Waals surface area contributed by atoms with Gasteiger partial charge in [0.1, 0.15) is 35.3 Å². The molecule has 2 saturated heterocycles. The second-order valence-electron chi connectivity index (χ2n) is 8.57. The minimum atomic E-state index is -0.277. The Morgan fingerprint density at radius 3 is 2.55 bits per heavy atom. The molecule has 2 aromatic rings. The third kappa shape index (κ3) is 5.56. The lowest BCUT2D eigenvalue weighted by molar-refractivity contribution is -0.117. The van der Waals surface area contributed by atoms with Crippen molar-refractivity contribution in [2.75, 3.05) is 31.2 Å². The van der Waals surface area contributed by atoms with Crippen molar-refractivity contribution in [1.82, 2.24) is 0 Å². The summed E-state index contributed by atoms with van der Waals surface area (Å²) in [4.78, 5) is 13.3. The van der Waals surface area contributed by atoms with Crippen LogP contribution < -0.4 is 14.4 Å². The van der Waals surface area contributed by atoms with Gasteiger partial charge in [0.25, 0.3) is 0 Å². The minimum absolute atomic E-state index is 0.00598. The minimum Gasteiger partial charge on any atom is -0.489 e. The van der Waals surface area contributed by atoms with Crippen molar-refractivity contribution < 1.29 is 23.4 Å². The standard InChI is InChI=1S/C25H30FNO4/c1-17(13-18(2)28)19-3-5-20(6-4-19)30-22-9-11-27(15-22)25-8-7-21(14-24(25)26)31-23-10-12-29-16-23/h3-8,14,17,22-23H,9-13,15-16H2,1-2H3/t17-,22?,23?/m1/s1. The molecule has 2 fully saturated rings. The number of carbonyl (C=O) groups excluding carboxylic acids is 1. The predicted octanol–water partition coefficient (Wildman–Crippen LogP) is 4.73. The van der Waals surface area contributed by atoms with E-state index in [2.05, 4.69) is 6.92 Å². The lowest BCUT2D eigenvalue weighted by Crippen LogP contribution is -2.25. The van der Waals surface area contributed by atoms with E-state index in [0.717, 1.165) is 30.7 Å². The molecule has 3 atom stereocenters. The first-order chi connectivity index (χ1) is 15.0. The molecule has 2 heterocycles. The highest BCUT2D eigenvalue weighted by Gasteiger charge is 2.26. The second kappa shape index (κ2) is 9.69. The number of nitrogens with zero attached hydrogens (tertiary/aromatic N) is 1. The highest BCUT2D eigenvalue weighted by atomic mass is 19.1. The third-order valence-corrected chi connectivity index (χ3v) is 5.94. The molecule has 2 aliphatic rings. The molecule has 31 heavy (non-hydrogen) atoms. The van der Waals surface area contributed by atoms with E-state index in [1.807, 2.05) is 35.2 Å². The van der Waals surface area contributed by atoms with Crippen molar-refractivity contribution >= 4 is 11.5 Å². The van der Waals surface area contributed by atoms with E-state index < -0.39 is 0 Å². The predicted molar refractivity (Wildman–Crippen MR) is 118 cm³/mol. The molecule has 4 rings (SSSR count). The summed E-state index contributed by atoms with van der Waals surface area (Å²) in [5.74, 6) is 1.46. The summed E-state index contributed by atoms with van der Waals surface area (Å²) in [6.07, 6.45) is 2.23. The quantitative estimate of drug-likeness (QED) is 0.609. The molecule has 166 valence electrons. The van der Waals surface area contributed by atoms with Crippen molar-refractivity contribution in [2.45, 2.75) is 51.2 Å². The zero-order chi connectivity index (χ0) is 21.8. The van der Waals surface area contributed by atoms with Crippen LogP contribution in [-0.4, -0.2) is 44.3 Å². The largest absolute Gasteiger partial charge is 0.489 e. The first-order valence-electron chi connectivity index (χ1n) is 11.0. The van der Waals surface area contributed by atoms with Gasteiger partial charge in [-0.15, -0.1) is 0 Å². The van der Waals surface area contributed by atoms with Crippen LogP contribution in [0.15, 0.2) is 42.5 Å². The lowest BCUT2D eigenvalue weighted by atomic mass is 9.96. The second-order valence-corrected chi connectivity index (χ2v) is 8.57. The number of halogens is 1. The summed E-state index contributed by atoms with van der Waals surface area (Å²) in [5.41, 5.74) is 1.71. The average molecular weight is 428 g/mol. The highest BCUT2D eigenvalue weighted by Crippen LogP contribution is 2.30.